The Morgan fingerprint density at radius 3 is 1.46 bits per heavy atom. The van der Waals surface area contributed by atoms with Crippen LogP contribution in [-0.4, -0.2) is 15.8 Å². The molecule has 0 unspecified atom stereocenters. The molecule has 0 saturated heterocycles. The highest BCUT2D eigenvalue weighted by Crippen LogP contribution is 2.50. The summed E-state index contributed by atoms with van der Waals surface area (Å²) in [7, 11) is 0. The number of rotatable bonds is 0. The Labute approximate surface area is 395 Å². The van der Waals surface area contributed by atoms with Crippen LogP contribution in [0, 0.1) is 0 Å². The number of para-hydroxylation sites is 1. The van der Waals surface area contributed by atoms with Gasteiger partial charge in [0, 0.05) is 49.2 Å². The highest BCUT2D eigenvalue weighted by atomic mass is 15.0. The molecule has 0 spiro atoms. The largest absolute Gasteiger partial charge is 0.310 e. The molecule has 4 heterocycles. The van der Waals surface area contributed by atoms with E-state index in [0.29, 0.717) is 0 Å². The average Bonchev–Trinajstić information content (AvgIpc) is 3.95. The molecule has 15 aromatic rings. The van der Waals surface area contributed by atoms with Gasteiger partial charge in [0.2, 0.25) is 0 Å². The lowest BCUT2D eigenvalue weighted by Crippen LogP contribution is -2.59. The molecule has 314 valence electrons. The molecule has 13 aromatic carbocycles. The van der Waals surface area contributed by atoms with Crippen molar-refractivity contribution in [2.45, 2.75) is 12.8 Å². The Hall–Kier alpha value is -8.66. The van der Waals surface area contributed by atoms with Crippen molar-refractivity contribution in [1.82, 2.24) is 9.13 Å². The van der Waals surface area contributed by atoms with Crippen molar-refractivity contribution in [1.29, 1.82) is 0 Å². The zero-order chi connectivity index (χ0) is 44.4. The third-order valence-corrected chi connectivity index (χ3v) is 17.1. The van der Waals surface area contributed by atoms with Crippen LogP contribution in [0.15, 0.2) is 194 Å². The van der Waals surface area contributed by atoms with Crippen molar-refractivity contribution in [2.24, 2.45) is 0 Å². The molecule has 69 heavy (non-hydrogen) atoms. The van der Waals surface area contributed by atoms with E-state index in [1.807, 2.05) is 0 Å². The summed E-state index contributed by atoms with van der Waals surface area (Å²) in [5.74, 6) is 0. The second-order valence-corrected chi connectivity index (χ2v) is 20.0. The molecular formula is C66H37BN2. The van der Waals surface area contributed by atoms with Gasteiger partial charge in [-0.25, -0.2) is 0 Å². The number of aryl methyl sites for hydroxylation is 1. The molecule has 18 rings (SSSR count). The van der Waals surface area contributed by atoms with Gasteiger partial charge in [0.25, 0.3) is 6.71 Å². The van der Waals surface area contributed by atoms with E-state index in [9.17, 15) is 0 Å². The zero-order valence-corrected chi connectivity index (χ0v) is 37.4. The molecule has 0 N–H and O–H groups in total. The van der Waals surface area contributed by atoms with Crippen LogP contribution < -0.4 is 16.4 Å². The third-order valence-electron chi connectivity index (χ3n) is 17.1. The standard InChI is InChI=1S/C66H37BN2/c1-4-21-42-36(15-1)39-18-7-10-24-45(39)58-48(42)31-33-54-61(58)50-27-13-28-52-65(50)68(54)56-29-14-30-57-64(56)67(52)53-35-51-44-23-6-3-17-38(44)41-20-9-12-26-47(41)60(51)63-62-55(69(57)66(53)63)34-32-49-43-22-5-2-16-37(43)40-19-8-11-25-46(40)59(49)62/h1-10,12-24,26-35H,11,25H2. The van der Waals surface area contributed by atoms with Crippen LogP contribution in [-0.2, 0) is 6.42 Å². The number of fused-ring (bicyclic) bond motifs is 31. The van der Waals surface area contributed by atoms with Crippen molar-refractivity contribution < 1.29 is 0 Å². The summed E-state index contributed by atoms with van der Waals surface area (Å²) in [5, 5.41) is 26.7. The van der Waals surface area contributed by atoms with Gasteiger partial charge in [-0.2, -0.15) is 0 Å². The van der Waals surface area contributed by atoms with Crippen LogP contribution in [0.5, 0.6) is 0 Å². The van der Waals surface area contributed by atoms with Crippen molar-refractivity contribution >= 4 is 159 Å². The SMILES string of the molecule is C1=Cc2c(c3c(ccc4c3c3c5c6ccccc6c6ccccc6c5cc5c3n4-c3cccc4c3B5c3cccc5c6c7c8ccccc8c8ccccc8c7ccc6n-4c35)c3ccccc23)CC1. The number of allylic oxidation sites excluding steroid dienone is 1. The average molecular weight is 869 g/mol. The Kier molecular flexibility index (Phi) is 6.31. The van der Waals surface area contributed by atoms with Crippen LogP contribution in [0.4, 0.5) is 0 Å². The summed E-state index contributed by atoms with van der Waals surface area (Å²) in [6, 6.07) is 72.3. The molecule has 3 aliphatic rings. The van der Waals surface area contributed by atoms with Gasteiger partial charge in [-0.05, 0) is 140 Å². The molecule has 2 aromatic heterocycles. The minimum absolute atomic E-state index is 0.0124. The van der Waals surface area contributed by atoms with Gasteiger partial charge in [-0.1, -0.05) is 176 Å². The van der Waals surface area contributed by atoms with Crippen molar-refractivity contribution in [3.8, 4) is 11.4 Å². The van der Waals surface area contributed by atoms with E-state index in [2.05, 4.69) is 209 Å². The highest BCUT2D eigenvalue weighted by Gasteiger charge is 2.42. The molecule has 2 nitrogen and oxygen atoms in total. The van der Waals surface area contributed by atoms with Gasteiger partial charge in [0.05, 0.1) is 16.6 Å². The van der Waals surface area contributed by atoms with Crippen molar-refractivity contribution in [3.05, 3.63) is 205 Å². The summed E-state index contributed by atoms with van der Waals surface area (Å²) in [5.41, 5.74) is 14.8. The Bertz CT molecular complexity index is 4990. The normalized spacial score (nSPS) is 13.9. The second kappa shape index (κ2) is 12.3. The van der Waals surface area contributed by atoms with E-state index < -0.39 is 0 Å². The molecule has 1 aliphatic carbocycles. The highest BCUT2D eigenvalue weighted by molar-refractivity contribution is 7.00. The van der Waals surface area contributed by atoms with Crippen LogP contribution in [0.2, 0.25) is 0 Å². The predicted molar refractivity (Wildman–Crippen MR) is 297 cm³/mol. The Morgan fingerprint density at radius 1 is 0.333 bits per heavy atom. The van der Waals surface area contributed by atoms with Crippen LogP contribution in [0.1, 0.15) is 17.5 Å². The maximum atomic E-state index is 2.70. The fourth-order valence-electron chi connectivity index (χ4n) is 14.6. The second-order valence-electron chi connectivity index (χ2n) is 20.0. The zero-order valence-electron chi connectivity index (χ0n) is 37.4. The van der Waals surface area contributed by atoms with E-state index in [1.165, 1.54) is 169 Å². The third kappa shape index (κ3) is 4.06. The quantitative estimate of drug-likeness (QED) is 0.106. The van der Waals surface area contributed by atoms with Gasteiger partial charge in [0.1, 0.15) is 0 Å². The number of aromatic nitrogens is 2. The number of nitrogens with zero attached hydrogens (tertiary/aromatic N) is 2. The van der Waals surface area contributed by atoms with Crippen LogP contribution >= 0.6 is 0 Å². The first kappa shape index (κ1) is 35.5. The number of benzene rings is 13. The van der Waals surface area contributed by atoms with Crippen molar-refractivity contribution in [2.75, 3.05) is 0 Å². The Morgan fingerprint density at radius 2 is 0.812 bits per heavy atom. The summed E-state index contributed by atoms with van der Waals surface area (Å²) in [6.07, 6.45) is 6.86. The Balaban J connectivity index is 1.09. The maximum Gasteiger partial charge on any atom is 0.252 e. The fourth-order valence-corrected chi connectivity index (χ4v) is 14.6. The van der Waals surface area contributed by atoms with Crippen molar-refractivity contribution in [3.63, 3.8) is 0 Å². The van der Waals surface area contributed by atoms with Gasteiger partial charge in [0.15, 0.2) is 0 Å². The minimum atomic E-state index is 0.0124. The first-order valence-electron chi connectivity index (χ1n) is 24.6. The predicted octanol–water partition coefficient (Wildman–Crippen LogP) is 15.2. The van der Waals surface area contributed by atoms with Gasteiger partial charge >= 0.3 is 0 Å². The molecular weight excluding hydrogens is 832 g/mol. The fraction of sp³-hybridized carbons (Fsp3) is 0.0303. The van der Waals surface area contributed by atoms with E-state index in [1.54, 1.807) is 0 Å². The lowest BCUT2D eigenvalue weighted by atomic mass is 9.34. The van der Waals surface area contributed by atoms with E-state index in [4.69, 9.17) is 0 Å². The topological polar surface area (TPSA) is 9.86 Å². The first-order chi connectivity index (χ1) is 34.3. The maximum absolute atomic E-state index is 2.70. The van der Waals surface area contributed by atoms with E-state index in [-0.39, 0.29) is 6.71 Å². The molecule has 3 heteroatoms. The molecule has 2 aliphatic heterocycles. The minimum Gasteiger partial charge on any atom is -0.310 e. The molecule has 0 atom stereocenters. The number of hydrogen-bond donors (Lipinski definition) is 0. The van der Waals surface area contributed by atoms with Gasteiger partial charge < -0.3 is 9.13 Å². The lowest BCUT2D eigenvalue weighted by Gasteiger charge is -2.34. The van der Waals surface area contributed by atoms with Crippen LogP contribution in [0.25, 0.3) is 147 Å². The monoisotopic (exact) mass is 868 g/mol. The van der Waals surface area contributed by atoms with E-state index >= 15 is 0 Å². The van der Waals surface area contributed by atoms with Gasteiger partial charge in [-0.15, -0.1) is 0 Å². The summed E-state index contributed by atoms with van der Waals surface area (Å²) in [6.45, 7) is 0.0124. The molecule has 0 fully saturated rings. The summed E-state index contributed by atoms with van der Waals surface area (Å²) < 4.78 is 5.34. The molecule has 0 radical (unpaired) electrons. The van der Waals surface area contributed by atoms with Crippen LogP contribution in [0.3, 0.4) is 0 Å². The summed E-state index contributed by atoms with van der Waals surface area (Å²) >= 11 is 0. The molecule has 0 saturated carbocycles. The first-order valence-corrected chi connectivity index (χ1v) is 24.6. The molecule has 0 bridgehead atoms. The molecule has 0 amide bonds. The smallest absolute Gasteiger partial charge is 0.252 e. The number of hydrogen-bond acceptors (Lipinski definition) is 0. The summed E-state index contributed by atoms with van der Waals surface area (Å²) in [4.78, 5) is 0. The lowest BCUT2D eigenvalue weighted by molar-refractivity contribution is 1.00. The van der Waals surface area contributed by atoms with E-state index in [0.717, 1.165) is 12.8 Å². The van der Waals surface area contributed by atoms with Gasteiger partial charge in [-0.3, -0.25) is 0 Å².